The van der Waals surface area contributed by atoms with E-state index in [2.05, 4.69) is 24.0 Å². The fourth-order valence-corrected chi connectivity index (χ4v) is 1.08. The molecule has 0 atom stereocenters. The van der Waals surface area contributed by atoms with E-state index in [-0.39, 0.29) is 0 Å². The molecule has 0 bridgehead atoms. The van der Waals surface area contributed by atoms with Gasteiger partial charge in [0, 0.05) is 11.8 Å². The van der Waals surface area contributed by atoms with Crippen molar-refractivity contribution in [2.24, 2.45) is 5.16 Å². The van der Waals surface area contributed by atoms with E-state index < -0.39 is 0 Å². The zero-order chi connectivity index (χ0) is 8.97. The Hall–Kier alpha value is -1.38. The van der Waals surface area contributed by atoms with Crippen LogP contribution in [-0.4, -0.2) is 16.4 Å². The maximum absolute atomic E-state index is 8.37. The van der Waals surface area contributed by atoms with Gasteiger partial charge < -0.3 is 5.21 Å². The number of hydrogen-bond acceptors (Lipinski definition) is 3. The average molecular weight is 164 g/mol. The number of hydrogen-bond donors (Lipinski definition) is 1. The molecule has 0 unspecified atom stereocenters. The molecule has 64 valence electrons. The van der Waals surface area contributed by atoms with Gasteiger partial charge in [-0.25, -0.2) is 0 Å². The zero-order valence-electron chi connectivity index (χ0n) is 7.23. The molecule has 1 aromatic rings. The molecule has 3 heteroatoms. The van der Waals surface area contributed by atoms with Crippen molar-refractivity contribution in [1.29, 1.82) is 0 Å². The normalized spacial score (nSPS) is 11.2. The minimum Gasteiger partial charge on any atom is -0.411 e. The van der Waals surface area contributed by atoms with Crippen molar-refractivity contribution in [3.05, 3.63) is 29.6 Å². The van der Waals surface area contributed by atoms with Crippen LogP contribution in [0, 0.1) is 0 Å². The molecule has 3 nitrogen and oxygen atoms in total. The monoisotopic (exact) mass is 164 g/mol. The van der Waals surface area contributed by atoms with Gasteiger partial charge in [-0.15, -0.1) is 0 Å². The van der Waals surface area contributed by atoms with Crippen LogP contribution >= 0.6 is 0 Å². The van der Waals surface area contributed by atoms with Crippen molar-refractivity contribution < 1.29 is 5.21 Å². The molecule has 0 spiro atoms. The molecule has 0 aliphatic heterocycles. The highest BCUT2D eigenvalue weighted by atomic mass is 16.4. The average Bonchev–Trinajstić information content (AvgIpc) is 2.05. The van der Waals surface area contributed by atoms with Crippen LogP contribution in [0.15, 0.2) is 23.5 Å². The van der Waals surface area contributed by atoms with Crippen molar-refractivity contribution in [3.63, 3.8) is 0 Å². The van der Waals surface area contributed by atoms with Crippen LogP contribution in [0.2, 0.25) is 0 Å². The summed E-state index contributed by atoms with van der Waals surface area (Å²) in [5, 5.41) is 11.4. The van der Waals surface area contributed by atoms with Crippen LogP contribution in [0.25, 0.3) is 0 Å². The van der Waals surface area contributed by atoms with Crippen molar-refractivity contribution in [2.45, 2.75) is 19.8 Å². The lowest BCUT2D eigenvalue weighted by Crippen LogP contribution is -1.98. The summed E-state index contributed by atoms with van der Waals surface area (Å²) in [6, 6.07) is 3.70. The van der Waals surface area contributed by atoms with Gasteiger partial charge in [-0.3, -0.25) is 4.98 Å². The third-order valence-electron chi connectivity index (χ3n) is 1.61. The lowest BCUT2D eigenvalue weighted by Gasteiger charge is -2.06. The van der Waals surface area contributed by atoms with E-state index in [0.717, 1.165) is 11.3 Å². The largest absolute Gasteiger partial charge is 0.411 e. The topological polar surface area (TPSA) is 45.5 Å². The van der Waals surface area contributed by atoms with Gasteiger partial charge in [-0.1, -0.05) is 19.0 Å². The highest BCUT2D eigenvalue weighted by Crippen LogP contribution is 2.14. The smallest absolute Gasteiger partial charge is 0.0752 e. The molecular formula is C9H12N2O. The molecule has 0 aliphatic carbocycles. The number of oxime groups is 1. The summed E-state index contributed by atoms with van der Waals surface area (Å²) in [6.07, 6.45) is 3.15. The molecule has 0 saturated carbocycles. The first-order valence-electron chi connectivity index (χ1n) is 3.88. The summed E-state index contributed by atoms with van der Waals surface area (Å²) in [4.78, 5) is 4.19. The van der Waals surface area contributed by atoms with E-state index >= 15 is 0 Å². The molecule has 0 radical (unpaired) electrons. The third-order valence-corrected chi connectivity index (χ3v) is 1.61. The first-order valence-corrected chi connectivity index (χ1v) is 3.88. The van der Waals surface area contributed by atoms with E-state index in [1.54, 1.807) is 6.20 Å². The summed E-state index contributed by atoms with van der Waals surface area (Å²) < 4.78 is 0. The molecule has 1 rings (SSSR count). The van der Waals surface area contributed by atoms with Crippen LogP contribution in [0.5, 0.6) is 0 Å². The van der Waals surface area contributed by atoms with Gasteiger partial charge >= 0.3 is 0 Å². The molecular weight excluding hydrogens is 152 g/mol. The van der Waals surface area contributed by atoms with Gasteiger partial charge in [0.2, 0.25) is 0 Å². The molecule has 0 aliphatic rings. The summed E-state index contributed by atoms with van der Waals surface area (Å²) in [7, 11) is 0. The Morgan fingerprint density at radius 2 is 2.33 bits per heavy atom. The first-order chi connectivity index (χ1) is 5.75. The molecule has 1 heterocycles. The van der Waals surface area contributed by atoms with Crippen LogP contribution in [0.1, 0.15) is 31.0 Å². The van der Waals surface area contributed by atoms with Crippen molar-refractivity contribution in [3.8, 4) is 0 Å². The minimum absolute atomic E-state index is 0.346. The van der Waals surface area contributed by atoms with E-state index in [1.807, 2.05) is 12.1 Å². The maximum Gasteiger partial charge on any atom is 0.0752 e. The fourth-order valence-electron chi connectivity index (χ4n) is 1.08. The number of nitrogens with zero attached hydrogens (tertiary/aromatic N) is 2. The zero-order valence-corrected chi connectivity index (χ0v) is 7.23. The number of pyridine rings is 1. The minimum atomic E-state index is 0.346. The molecule has 0 amide bonds. The highest BCUT2D eigenvalue weighted by Gasteiger charge is 2.04. The van der Waals surface area contributed by atoms with E-state index in [4.69, 9.17) is 5.21 Å². The quantitative estimate of drug-likeness (QED) is 0.413. The second-order valence-electron chi connectivity index (χ2n) is 2.88. The summed E-state index contributed by atoms with van der Waals surface area (Å²) >= 11 is 0. The van der Waals surface area contributed by atoms with Crippen molar-refractivity contribution in [2.75, 3.05) is 0 Å². The highest BCUT2D eigenvalue weighted by molar-refractivity contribution is 5.80. The number of aromatic nitrogens is 1. The van der Waals surface area contributed by atoms with Crippen LogP contribution in [-0.2, 0) is 0 Å². The molecule has 0 aromatic carbocycles. The predicted molar refractivity (Wildman–Crippen MR) is 47.7 cm³/mol. The van der Waals surface area contributed by atoms with Gasteiger partial charge in [0.05, 0.1) is 11.9 Å². The van der Waals surface area contributed by atoms with Crippen molar-refractivity contribution >= 4 is 6.21 Å². The SMILES string of the molecule is CC(C)c1ncccc1/C=N/O. The van der Waals surface area contributed by atoms with E-state index in [1.165, 1.54) is 6.21 Å². The predicted octanol–water partition coefficient (Wildman–Crippen LogP) is 2.01. The van der Waals surface area contributed by atoms with Gasteiger partial charge in [0.1, 0.15) is 0 Å². The second kappa shape index (κ2) is 3.85. The lowest BCUT2D eigenvalue weighted by atomic mass is 10.1. The Morgan fingerprint density at radius 3 is 2.92 bits per heavy atom. The van der Waals surface area contributed by atoms with Crippen LogP contribution < -0.4 is 0 Å². The Morgan fingerprint density at radius 1 is 1.58 bits per heavy atom. The Kier molecular flexibility index (Phi) is 2.80. The van der Waals surface area contributed by atoms with Gasteiger partial charge in [-0.2, -0.15) is 0 Å². The summed E-state index contributed by atoms with van der Waals surface area (Å²) in [5.74, 6) is 0.346. The standard InChI is InChI=1S/C9H12N2O/c1-7(2)9-8(6-11-12)4-3-5-10-9/h3-7,12H,1-2H3/b11-6+. The van der Waals surface area contributed by atoms with E-state index in [9.17, 15) is 0 Å². The third kappa shape index (κ3) is 1.81. The fraction of sp³-hybridized carbons (Fsp3) is 0.333. The Balaban J connectivity index is 3.08. The van der Waals surface area contributed by atoms with Crippen LogP contribution in [0.3, 0.4) is 0 Å². The lowest BCUT2D eigenvalue weighted by molar-refractivity contribution is 0.322. The molecule has 12 heavy (non-hydrogen) atoms. The second-order valence-corrected chi connectivity index (χ2v) is 2.88. The Labute approximate surface area is 71.8 Å². The van der Waals surface area contributed by atoms with Gasteiger partial charge in [-0.05, 0) is 18.1 Å². The molecule has 0 saturated heterocycles. The number of rotatable bonds is 2. The maximum atomic E-state index is 8.37. The van der Waals surface area contributed by atoms with E-state index in [0.29, 0.717) is 5.92 Å². The summed E-state index contributed by atoms with van der Waals surface area (Å²) in [6.45, 7) is 4.11. The summed E-state index contributed by atoms with van der Waals surface area (Å²) in [5.41, 5.74) is 1.82. The molecule has 1 aromatic heterocycles. The Bertz CT molecular complexity index is 282. The first kappa shape index (κ1) is 8.71. The molecule has 1 N–H and O–H groups in total. The van der Waals surface area contributed by atoms with Crippen molar-refractivity contribution in [1.82, 2.24) is 4.98 Å². The van der Waals surface area contributed by atoms with Gasteiger partial charge in [0.15, 0.2) is 0 Å². The molecule has 0 fully saturated rings. The van der Waals surface area contributed by atoms with Gasteiger partial charge in [0.25, 0.3) is 0 Å². The van der Waals surface area contributed by atoms with Crippen LogP contribution in [0.4, 0.5) is 0 Å².